The van der Waals surface area contributed by atoms with Crippen LogP contribution in [0.5, 0.6) is 0 Å². The van der Waals surface area contributed by atoms with E-state index >= 15 is 0 Å². The number of rotatable bonds is 8. The third-order valence-corrected chi connectivity index (χ3v) is 6.25. The number of benzene rings is 3. The number of hydrogen-bond donors (Lipinski definition) is 0. The molecule has 36 heavy (non-hydrogen) atoms. The van der Waals surface area contributed by atoms with Crippen molar-refractivity contribution in [2.45, 2.75) is 39.2 Å². The van der Waals surface area contributed by atoms with E-state index < -0.39 is 5.60 Å². The minimum absolute atomic E-state index is 0.0591. The number of aromatic nitrogens is 1. The standard InChI is InChI=1S/C31H28ClNO3/c1-21(34)36-31(2,3)28-10-5-4-8-23(28)14-18-30(35)25-9-6-7-22(19-25)11-16-27-17-13-24-12-15-26(32)20-29(24)33-27/h4-13,15-17,19-20H,14,18H2,1-3H3/b16-11+. The molecule has 0 aliphatic heterocycles. The van der Waals surface area contributed by atoms with Crippen molar-refractivity contribution in [3.8, 4) is 0 Å². The molecule has 0 unspecified atom stereocenters. The second-order valence-corrected chi connectivity index (χ2v) is 9.65. The van der Waals surface area contributed by atoms with Gasteiger partial charge in [-0.25, -0.2) is 4.98 Å². The highest BCUT2D eigenvalue weighted by Crippen LogP contribution is 2.29. The summed E-state index contributed by atoms with van der Waals surface area (Å²) in [5, 5.41) is 1.68. The highest BCUT2D eigenvalue weighted by atomic mass is 35.5. The zero-order valence-corrected chi connectivity index (χ0v) is 21.4. The number of halogens is 1. The topological polar surface area (TPSA) is 56.3 Å². The lowest BCUT2D eigenvalue weighted by Gasteiger charge is -2.27. The van der Waals surface area contributed by atoms with Gasteiger partial charge in [0.15, 0.2) is 5.78 Å². The maximum absolute atomic E-state index is 13.0. The predicted octanol–water partition coefficient (Wildman–Crippen LogP) is 7.67. The molecule has 0 saturated carbocycles. The molecule has 0 atom stereocenters. The van der Waals surface area contributed by atoms with Crippen molar-refractivity contribution < 1.29 is 14.3 Å². The van der Waals surface area contributed by atoms with E-state index in [2.05, 4.69) is 4.98 Å². The van der Waals surface area contributed by atoms with Gasteiger partial charge in [-0.1, -0.05) is 72.3 Å². The van der Waals surface area contributed by atoms with Crippen LogP contribution in [0.15, 0.2) is 78.9 Å². The van der Waals surface area contributed by atoms with E-state index in [0.29, 0.717) is 23.4 Å². The van der Waals surface area contributed by atoms with Crippen LogP contribution in [0.4, 0.5) is 0 Å². The highest BCUT2D eigenvalue weighted by molar-refractivity contribution is 6.31. The average Bonchev–Trinajstić information content (AvgIpc) is 2.85. The summed E-state index contributed by atoms with van der Waals surface area (Å²) in [6.07, 6.45) is 4.79. The smallest absolute Gasteiger partial charge is 0.303 e. The van der Waals surface area contributed by atoms with Gasteiger partial charge in [0.2, 0.25) is 0 Å². The summed E-state index contributed by atoms with van der Waals surface area (Å²) in [5.41, 5.74) is 4.37. The van der Waals surface area contributed by atoms with Crippen molar-refractivity contribution in [3.05, 3.63) is 112 Å². The Bertz CT molecular complexity index is 1460. The summed E-state index contributed by atoms with van der Waals surface area (Å²) in [6.45, 7) is 5.13. The monoisotopic (exact) mass is 497 g/mol. The van der Waals surface area contributed by atoms with E-state index in [1.807, 2.05) is 105 Å². The molecule has 4 aromatic rings. The van der Waals surface area contributed by atoms with Gasteiger partial charge >= 0.3 is 5.97 Å². The molecule has 0 N–H and O–H groups in total. The zero-order valence-electron chi connectivity index (χ0n) is 20.6. The summed E-state index contributed by atoms with van der Waals surface area (Å²) in [7, 11) is 0. The van der Waals surface area contributed by atoms with Gasteiger partial charge in [-0.05, 0) is 67.3 Å². The van der Waals surface area contributed by atoms with Gasteiger partial charge in [-0.3, -0.25) is 9.59 Å². The molecule has 0 aliphatic rings. The lowest BCUT2D eigenvalue weighted by atomic mass is 9.90. The van der Waals surface area contributed by atoms with E-state index in [1.54, 1.807) is 0 Å². The molecule has 5 heteroatoms. The Balaban J connectivity index is 1.47. The number of esters is 1. The molecule has 0 aliphatic carbocycles. The van der Waals surface area contributed by atoms with Crippen LogP contribution in [0.25, 0.3) is 23.1 Å². The van der Waals surface area contributed by atoms with Gasteiger partial charge in [0, 0.05) is 29.3 Å². The van der Waals surface area contributed by atoms with Crippen molar-refractivity contribution in [1.82, 2.24) is 4.98 Å². The van der Waals surface area contributed by atoms with Gasteiger partial charge in [-0.2, -0.15) is 0 Å². The second kappa shape index (κ2) is 10.9. The highest BCUT2D eigenvalue weighted by Gasteiger charge is 2.26. The number of pyridine rings is 1. The fraction of sp³-hybridized carbons (Fsp3) is 0.194. The van der Waals surface area contributed by atoms with Gasteiger partial charge in [0.05, 0.1) is 11.2 Å². The maximum Gasteiger partial charge on any atom is 0.303 e. The quantitative estimate of drug-likeness (QED) is 0.185. The molecule has 0 fully saturated rings. The third kappa shape index (κ3) is 6.27. The first-order chi connectivity index (χ1) is 17.2. The fourth-order valence-corrected chi connectivity index (χ4v) is 4.50. The number of carbonyl (C=O) groups excluding carboxylic acids is 2. The first-order valence-electron chi connectivity index (χ1n) is 11.9. The van der Waals surface area contributed by atoms with Gasteiger partial charge in [-0.15, -0.1) is 0 Å². The van der Waals surface area contributed by atoms with Crippen molar-refractivity contribution in [1.29, 1.82) is 0 Å². The van der Waals surface area contributed by atoms with Crippen LogP contribution in [0.3, 0.4) is 0 Å². The normalized spacial score (nSPS) is 11.7. The second-order valence-electron chi connectivity index (χ2n) is 9.22. The number of aryl methyl sites for hydroxylation is 1. The van der Waals surface area contributed by atoms with E-state index in [4.69, 9.17) is 16.3 Å². The maximum atomic E-state index is 13.0. The van der Waals surface area contributed by atoms with Crippen molar-refractivity contribution in [2.75, 3.05) is 0 Å². The van der Waals surface area contributed by atoms with Crippen LogP contribution in [0.2, 0.25) is 5.02 Å². The van der Waals surface area contributed by atoms with Gasteiger partial charge < -0.3 is 4.74 Å². The van der Waals surface area contributed by atoms with E-state index in [0.717, 1.165) is 33.3 Å². The number of Topliss-reactive ketones (excluding diaryl/α,β-unsaturated/α-hetero) is 1. The lowest BCUT2D eigenvalue weighted by molar-refractivity contribution is -0.154. The number of nitrogens with zero attached hydrogens (tertiary/aromatic N) is 1. The first kappa shape index (κ1) is 25.3. The lowest BCUT2D eigenvalue weighted by Crippen LogP contribution is -2.25. The number of carbonyl (C=O) groups is 2. The summed E-state index contributed by atoms with van der Waals surface area (Å²) in [4.78, 5) is 29.2. The Labute approximate surface area is 216 Å². The molecule has 0 bridgehead atoms. The SMILES string of the molecule is CC(=O)OC(C)(C)c1ccccc1CCC(=O)c1cccc(/C=C/c2ccc3ccc(Cl)cc3n2)c1. The van der Waals surface area contributed by atoms with Crippen molar-refractivity contribution in [3.63, 3.8) is 0 Å². The molecule has 0 spiro atoms. The fourth-order valence-electron chi connectivity index (χ4n) is 4.33. The van der Waals surface area contributed by atoms with E-state index in [1.165, 1.54) is 6.92 Å². The van der Waals surface area contributed by atoms with Crippen molar-refractivity contribution in [2.24, 2.45) is 0 Å². The summed E-state index contributed by atoms with van der Waals surface area (Å²) < 4.78 is 5.52. The van der Waals surface area contributed by atoms with Crippen LogP contribution in [-0.2, 0) is 21.6 Å². The van der Waals surface area contributed by atoms with Crippen molar-refractivity contribution >= 4 is 46.4 Å². The zero-order chi connectivity index (χ0) is 25.7. The minimum Gasteiger partial charge on any atom is -0.455 e. The van der Waals surface area contributed by atoms with Crippen LogP contribution < -0.4 is 0 Å². The molecule has 1 aromatic heterocycles. The third-order valence-electron chi connectivity index (χ3n) is 6.02. The summed E-state index contributed by atoms with van der Waals surface area (Å²) >= 11 is 6.10. The van der Waals surface area contributed by atoms with Gasteiger partial charge in [0.1, 0.15) is 5.60 Å². The number of fused-ring (bicyclic) bond motifs is 1. The Morgan fingerprint density at radius 3 is 2.53 bits per heavy atom. The van der Waals surface area contributed by atoms with Crippen LogP contribution >= 0.6 is 11.6 Å². The first-order valence-corrected chi connectivity index (χ1v) is 12.2. The largest absolute Gasteiger partial charge is 0.455 e. The Kier molecular flexibility index (Phi) is 7.66. The molecule has 0 amide bonds. The molecular formula is C31H28ClNO3. The van der Waals surface area contributed by atoms with Crippen LogP contribution in [0, 0.1) is 0 Å². The molecular weight excluding hydrogens is 470 g/mol. The Hall–Kier alpha value is -3.76. The van der Waals surface area contributed by atoms with Crippen LogP contribution in [-0.4, -0.2) is 16.7 Å². The number of ketones is 1. The summed E-state index contributed by atoms with van der Waals surface area (Å²) in [5.74, 6) is -0.276. The molecule has 3 aromatic carbocycles. The Morgan fingerprint density at radius 1 is 0.944 bits per heavy atom. The number of hydrogen-bond acceptors (Lipinski definition) is 4. The molecule has 0 saturated heterocycles. The molecule has 182 valence electrons. The average molecular weight is 498 g/mol. The molecule has 1 heterocycles. The van der Waals surface area contributed by atoms with E-state index in [9.17, 15) is 9.59 Å². The molecule has 0 radical (unpaired) electrons. The van der Waals surface area contributed by atoms with Gasteiger partial charge in [0.25, 0.3) is 0 Å². The molecule has 4 rings (SSSR count). The van der Waals surface area contributed by atoms with Crippen LogP contribution in [0.1, 0.15) is 59.9 Å². The predicted molar refractivity (Wildman–Crippen MR) is 146 cm³/mol. The summed E-state index contributed by atoms with van der Waals surface area (Å²) in [6, 6.07) is 25.0. The Morgan fingerprint density at radius 2 is 1.72 bits per heavy atom. The number of ether oxygens (including phenoxy) is 1. The van der Waals surface area contributed by atoms with E-state index in [-0.39, 0.29) is 11.8 Å². The molecule has 4 nitrogen and oxygen atoms in total. The minimum atomic E-state index is -0.766.